The lowest BCUT2D eigenvalue weighted by molar-refractivity contribution is 0.0157. The van der Waals surface area contributed by atoms with Crippen LogP contribution in [0.15, 0.2) is 12.5 Å². The first-order valence-electron chi connectivity index (χ1n) is 8.37. The molecule has 1 atom stereocenters. The number of ether oxygens (including phenoxy) is 1. The van der Waals surface area contributed by atoms with Crippen LogP contribution in [0.5, 0.6) is 0 Å². The van der Waals surface area contributed by atoms with E-state index in [1.807, 2.05) is 20.8 Å². The molecule has 3 heterocycles. The molecule has 0 aromatic carbocycles. The van der Waals surface area contributed by atoms with Crippen LogP contribution in [0, 0.1) is 11.7 Å². The third kappa shape index (κ3) is 4.03. The van der Waals surface area contributed by atoms with Gasteiger partial charge in [0.2, 0.25) is 0 Å². The molecule has 6 nitrogen and oxygen atoms in total. The molecule has 0 N–H and O–H groups in total. The van der Waals surface area contributed by atoms with Crippen molar-refractivity contribution in [2.45, 2.75) is 45.8 Å². The van der Waals surface area contributed by atoms with E-state index >= 15 is 0 Å². The lowest BCUT2D eigenvalue weighted by Gasteiger charge is -2.34. The number of piperidine rings is 1. The van der Waals surface area contributed by atoms with Crippen LogP contribution in [-0.2, 0) is 11.3 Å². The summed E-state index contributed by atoms with van der Waals surface area (Å²) in [5, 5.41) is 0.351. The van der Waals surface area contributed by atoms with Crippen molar-refractivity contribution in [2.75, 3.05) is 13.1 Å². The fourth-order valence-corrected chi connectivity index (χ4v) is 3.38. The zero-order valence-corrected chi connectivity index (χ0v) is 15.4. The largest absolute Gasteiger partial charge is 0.444 e. The third-order valence-corrected chi connectivity index (χ3v) is 4.47. The molecule has 1 amide bonds. The number of aromatic nitrogens is 3. The van der Waals surface area contributed by atoms with Crippen LogP contribution in [0.25, 0.3) is 11.0 Å². The van der Waals surface area contributed by atoms with Gasteiger partial charge in [0.25, 0.3) is 0 Å². The molecule has 1 aliphatic rings. The number of likely N-dealkylation sites (tertiary alicyclic amines) is 1. The molecule has 2 aromatic rings. The minimum Gasteiger partial charge on any atom is -0.444 e. The van der Waals surface area contributed by atoms with Crippen molar-refractivity contribution < 1.29 is 13.9 Å². The number of carbonyl (C=O) groups is 1. The molecule has 1 aliphatic heterocycles. The van der Waals surface area contributed by atoms with Gasteiger partial charge in [0.05, 0.1) is 5.39 Å². The highest BCUT2D eigenvalue weighted by atomic mass is 35.5. The van der Waals surface area contributed by atoms with Crippen LogP contribution in [0.4, 0.5) is 9.18 Å². The number of halogens is 2. The van der Waals surface area contributed by atoms with Gasteiger partial charge in [-0.25, -0.2) is 19.2 Å². The molecule has 0 saturated carbocycles. The van der Waals surface area contributed by atoms with Crippen LogP contribution in [0.1, 0.15) is 33.6 Å². The highest BCUT2D eigenvalue weighted by Gasteiger charge is 2.28. The smallest absolute Gasteiger partial charge is 0.410 e. The Morgan fingerprint density at radius 1 is 1.44 bits per heavy atom. The topological polar surface area (TPSA) is 60.2 Å². The highest BCUT2D eigenvalue weighted by Crippen LogP contribution is 2.27. The second-order valence-corrected chi connectivity index (χ2v) is 7.79. The Morgan fingerprint density at radius 3 is 2.92 bits per heavy atom. The highest BCUT2D eigenvalue weighted by molar-refractivity contribution is 6.33. The molecule has 1 unspecified atom stereocenters. The van der Waals surface area contributed by atoms with Gasteiger partial charge in [0, 0.05) is 25.8 Å². The summed E-state index contributed by atoms with van der Waals surface area (Å²) in [6, 6.07) is 0. The van der Waals surface area contributed by atoms with Crippen LogP contribution < -0.4 is 0 Å². The lowest BCUT2D eigenvalue weighted by Crippen LogP contribution is -2.43. The van der Waals surface area contributed by atoms with E-state index in [-0.39, 0.29) is 22.6 Å². The number of amides is 1. The molecule has 8 heteroatoms. The molecule has 0 bridgehead atoms. The summed E-state index contributed by atoms with van der Waals surface area (Å²) in [5.41, 5.74) is -0.0378. The van der Waals surface area contributed by atoms with E-state index in [2.05, 4.69) is 9.97 Å². The van der Waals surface area contributed by atoms with Crippen molar-refractivity contribution in [1.82, 2.24) is 19.4 Å². The Hall–Kier alpha value is -1.89. The Balaban J connectivity index is 1.73. The average Bonchev–Trinajstić information content (AvgIpc) is 2.83. The van der Waals surface area contributed by atoms with Crippen LogP contribution in [-0.4, -0.2) is 44.2 Å². The van der Waals surface area contributed by atoms with Gasteiger partial charge in [0.1, 0.15) is 22.7 Å². The predicted octanol–water partition coefficient (Wildman–Crippen LogP) is 3.87. The standard InChI is InChI=1S/C17H22ClFN4O2/c1-17(2,3)25-16(24)22-6-4-5-11(7-22)8-23-9-12(19)13-14(18)20-10-21-15(13)23/h9-11H,4-8H2,1-3H3. The summed E-state index contributed by atoms with van der Waals surface area (Å²) in [5.74, 6) is -0.231. The molecule has 3 rings (SSSR count). The summed E-state index contributed by atoms with van der Waals surface area (Å²) in [6.07, 6.45) is 4.28. The number of rotatable bonds is 2. The fourth-order valence-electron chi connectivity index (χ4n) is 3.16. The number of carbonyl (C=O) groups excluding carboxylic acids is 1. The zero-order valence-electron chi connectivity index (χ0n) is 14.6. The minimum absolute atomic E-state index is 0.111. The van der Waals surface area contributed by atoms with Crippen LogP contribution in [0.2, 0.25) is 5.15 Å². The normalized spacial score (nSPS) is 18.6. The van der Waals surface area contributed by atoms with Gasteiger partial charge in [-0.2, -0.15) is 0 Å². The maximum absolute atomic E-state index is 14.1. The van der Waals surface area contributed by atoms with Crippen LogP contribution in [0.3, 0.4) is 0 Å². The number of nitrogens with zero attached hydrogens (tertiary/aromatic N) is 4. The molecule has 0 radical (unpaired) electrons. The molecule has 1 fully saturated rings. The van der Waals surface area contributed by atoms with Crippen molar-refractivity contribution in [3.05, 3.63) is 23.5 Å². The van der Waals surface area contributed by atoms with Crippen molar-refractivity contribution in [1.29, 1.82) is 0 Å². The average molecular weight is 369 g/mol. The molecule has 25 heavy (non-hydrogen) atoms. The molecule has 2 aromatic heterocycles. The van der Waals surface area contributed by atoms with E-state index in [1.54, 1.807) is 9.47 Å². The van der Waals surface area contributed by atoms with E-state index in [1.165, 1.54) is 12.5 Å². The monoisotopic (exact) mass is 368 g/mol. The Morgan fingerprint density at radius 2 is 2.20 bits per heavy atom. The second kappa shape index (κ2) is 6.78. The van der Waals surface area contributed by atoms with E-state index < -0.39 is 11.4 Å². The van der Waals surface area contributed by atoms with Gasteiger partial charge in [-0.1, -0.05) is 11.6 Å². The molecule has 136 valence electrons. The zero-order chi connectivity index (χ0) is 18.2. The third-order valence-electron chi connectivity index (χ3n) is 4.19. The van der Waals surface area contributed by atoms with E-state index in [0.29, 0.717) is 25.3 Å². The first-order chi connectivity index (χ1) is 11.7. The molecular weight excluding hydrogens is 347 g/mol. The van der Waals surface area contributed by atoms with Crippen LogP contribution >= 0.6 is 11.6 Å². The summed E-state index contributed by atoms with van der Waals surface area (Å²) in [6.45, 7) is 7.38. The predicted molar refractivity (Wildman–Crippen MR) is 93.0 cm³/mol. The summed E-state index contributed by atoms with van der Waals surface area (Å²) in [7, 11) is 0. The molecular formula is C17H22ClFN4O2. The Bertz CT molecular complexity index is 787. The van der Waals surface area contributed by atoms with E-state index in [0.717, 1.165) is 12.8 Å². The van der Waals surface area contributed by atoms with Gasteiger partial charge in [-0.3, -0.25) is 0 Å². The summed E-state index contributed by atoms with van der Waals surface area (Å²) >= 11 is 5.97. The maximum atomic E-state index is 14.1. The molecule has 0 spiro atoms. The fraction of sp³-hybridized carbons (Fsp3) is 0.588. The van der Waals surface area contributed by atoms with Gasteiger partial charge >= 0.3 is 6.09 Å². The quantitative estimate of drug-likeness (QED) is 0.755. The summed E-state index contributed by atoms with van der Waals surface area (Å²) in [4.78, 5) is 22.0. The molecule has 1 saturated heterocycles. The van der Waals surface area contributed by atoms with Crippen molar-refractivity contribution >= 4 is 28.7 Å². The summed E-state index contributed by atoms with van der Waals surface area (Å²) < 4.78 is 21.3. The Kier molecular flexibility index (Phi) is 4.86. The molecule has 0 aliphatic carbocycles. The first-order valence-corrected chi connectivity index (χ1v) is 8.75. The van der Waals surface area contributed by atoms with E-state index in [9.17, 15) is 9.18 Å². The van der Waals surface area contributed by atoms with Crippen molar-refractivity contribution in [3.8, 4) is 0 Å². The van der Waals surface area contributed by atoms with Crippen molar-refractivity contribution in [2.24, 2.45) is 5.92 Å². The number of fused-ring (bicyclic) bond motifs is 1. The number of hydrogen-bond acceptors (Lipinski definition) is 4. The second-order valence-electron chi connectivity index (χ2n) is 7.43. The van der Waals surface area contributed by atoms with E-state index in [4.69, 9.17) is 16.3 Å². The van der Waals surface area contributed by atoms with Gasteiger partial charge in [-0.15, -0.1) is 0 Å². The Labute approximate surface area is 150 Å². The van der Waals surface area contributed by atoms with Crippen molar-refractivity contribution in [3.63, 3.8) is 0 Å². The van der Waals surface area contributed by atoms with Gasteiger partial charge < -0.3 is 14.2 Å². The lowest BCUT2D eigenvalue weighted by atomic mass is 9.98. The minimum atomic E-state index is -0.516. The van der Waals surface area contributed by atoms with Gasteiger partial charge in [0.15, 0.2) is 5.82 Å². The SMILES string of the molecule is CC(C)(C)OC(=O)N1CCCC(Cn2cc(F)c3c(Cl)ncnc32)C1. The maximum Gasteiger partial charge on any atom is 0.410 e. The van der Waals surface area contributed by atoms with Gasteiger partial charge in [-0.05, 0) is 39.5 Å². The first kappa shape index (κ1) is 17.9. The number of hydrogen-bond donors (Lipinski definition) is 0.